The molecule has 3 aliphatic rings. The number of rotatable bonds is 6. The van der Waals surface area contributed by atoms with Crippen molar-refractivity contribution in [2.45, 2.75) is 51.0 Å². The van der Waals surface area contributed by atoms with Crippen LogP contribution in [0.5, 0.6) is 0 Å². The van der Waals surface area contributed by atoms with Crippen molar-refractivity contribution in [2.75, 3.05) is 44.2 Å². The standard InChI is InChI=1S/C23H36N4O/c28-23(24-16-20-10-15-27(18-20)22-8-2-1-3-9-22)25-21-11-13-26(14-12-21)17-19-6-4-5-7-19/h1-3,8-9,19-21H,4-7,10-18H2,(H2,24,25,28)/t20-/m0/s1. The number of urea groups is 1. The molecule has 0 bridgehead atoms. The Labute approximate surface area is 169 Å². The van der Waals surface area contributed by atoms with Gasteiger partial charge in [0.05, 0.1) is 0 Å². The van der Waals surface area contributed by atoms with Gasteiger partial charge < -0.3 is 20.4 Å². The lowest BCUT2D eigenvalue weighted by atomic mass is 10.0. The topological polar surface area (TPSA) is 47.6 Å². The van der Waals surface area contributed by atoms with Crippen LogP contribution in [-0.2, 0) is 0 Å². The quantitative estimate of drug-likeness (QED) is 0.790. The molecule has 3 fully saturated rings. The van der Waals surface area contributed by atoms with Gasteiger partial charge in [-0.2, -0.15) is 0 Å². The summed E-state index contributed by atoms with van der Waals surface area (Å²) in [5, 5.41) is 6.33. The highest BCUT2D eigenvalue weighted by Crippen LogP contribution is 2.26. The SMILES string of the molecule is O=C(NC[C@@H]1CCN(c2ccccc2)C1)NC1CCN(CC2CCCC2)CC1. The van der Waals surface area contributed by atoms with E-state index in [2.05, 4.69) is 50.8 Å². The molecule has 0 spiro atoms. The highest BCUT2D eigenvalue weighted by atomic mass is 16.2. The second-order valence-corrected chi connectivity index (χ2v) is 9.02. The van der Waals surface area contributed by atoms with Crippen molar-refractivity contribution < 1.29 is 4.79 Å². The van der Waals surface area contributed by atoms with E-state index in [4.69, 9.17) is 0 Å². The molecule has 1 aromatic rings. The van der Waals surface area contributed by atoms with E-state index >= 15 is 0 Å². The fourth-order valence-electron chi connectivity index (χ4n) is 5.16. The van der Waals surface area contributed by atoms with Gasteiger partial charge in [-0.25, -0.2) is 4.79 Å². The van der Waals surface area contributed by atoms with Crippen LogP contribution in [0.4, 0.5) is 10.5 Å². The van der Waals surface area contributed by atoms with Crippen molar-refractivity contribution in [3.8, 4) is 0 Å². The summed E-state index contributed by atoms with van der Waals surface area (Å²) in [6.45, 7) is 6.43. The molecule has 0 radical (unpaired) electrons. The molecule has 1 aromatic carbocycles. The lowest BCUT2D eigenvalue weighted by molar-refractivity contribution is 0.171. The molecule has 5 nitrogen and oxygen atoms in total. The summed E-state index contributed by atoms with van der Waals surface area (Å²) in [7, 11) is 0. The Morgan fingerprint density at radius 3 is 2.43 bits per heavy atom. The average molecular weight is 385 g/mol. The van der Waals surface area contributed by atoms with E-state index in [0.717, 1.165) is 57.9 Å². The molecule has 5 heteroatoms. The number of benzene rings is 1. The van der Waals surface area contributed by atoms with E-state index in [1.165, 1.54) is 37.9 Å². The summed E-state index contributed by atoms with van der Waals surface area (Å²) >= 11 is 0. The maximum atomic E-state index is 12.3. The fourth-order valence-corrected chi connectivity index (χ4v) is 5.16. The van der Waals surface area contributed by atoms with E-state index in [1.54, 1.807) is 0 Å². The van der Waals surface area contributed by atoms with E-state index < -0.39 is 0 Å². The molecule has 2 N–H and O–H groups in total. The molecule has 1 atom stereocenters. The fraction of sp³-hybridized carbons (Fsp3) is 0.696. The first kappa shape index (κ1) is 19.6. The Morgan fingerprint density at radius 2 is 1.68 bits per heavy atom. The minimum absolute atomic E-state index is 0.0207. The first-order valence-electron chi connectivity index (χ1n) is 11.3. The van der Waals surface area contributed by atoms with Crippen LogP contribution in [0, 0.1) is 11.8 Å². The van der Waals surface area contributed by atoms with E-state index in [9.17, 15) is 4.79 Å². The monoisotopic (exact) mass is 384 g/mol. The molecule has 4 rings (SSSR count). The number of amides is 2. The number of nitrogens with one attached hydrogen (secondary N) is 2. The Bertz CT molecular complexity index is 608. The number of piperidine rings is 1. The number of nitrogens with zero attached hydrogens (tertiary/aromatic N) is 2. The molecule has 2 amide bonds. The molecule has 2 saturated heterocycles. The third-order valence-electron chi connectivity index (χ3n) is 6.87. The predicted molar refractivity (Wildman–Crippen MR) is 115 cm³/mol. The van der Waals surface area contributed by atoms with Gasteiger partial charge in [0.25, 0.3) is 0 Å². The second kappa shape index (κ2) is 9.64. The second-order valence-electron chi connectivity index (χ2n) is 9.02. The van der Waals surface area contributed by atoms with Crippen LogP contribution in [0.25, 0.3) is 0 Å². The van der Waals surface area contributed by atoms with Crippen LogP contribution in [0.1, 0.15) is 44.9 Å². The molecule has 0 unspecified atom stereocenters. The van der Waals surface area contributed by atoms with Gasteiger partial charge >= 0.3 is 6.03 Å². The van der Waals surface area contributed by atoms with Crippen molar-refractivity contribution in [3.63, 3.8) is 0 Å². The summed E-state index contributed by atoms with van der Waals surface area (Å²) < 4.78 is 0. The summed E-state index contributed by atoms with van der Waals surface area (Å²) in [4.78, 5) is 17.4. The van der Waals surface area contributed by atoms with Crippen LogP contribution in [0.3, 0.4) is 0 Å². The van der Waals surface area contributed by atoms with Gasteiger partial charge in [0.15, 0.2) is 0 Å². The number of para-hydroxylation sites is 1. The first-order valence-corrected chi connectivity index (χ1v) is 11.3. The van der Waals surface area contributed by atoms with Crippen molar-refractivity contribution in [1.82, 2.24) is 15.5 Å². The lowest BCUT2D eigenvalue weighted by Gasteiger charge is -2.33. The minimum Gasteiger partial charge on any atom is -0.371 e. The summed E-state index contributed by atoms with van der Waals surface area (Å²) in [5.41, 5.74) is 1.29. The van der Waals surface area contributed by atoms with Crippen LogP contribution >= 0.6 is 0 Å². The zero-order valence-electron chi connectivity index (χ0n) is 17.1. The van der Waals surface area contributed by atoms with Gasteiger partial charge in [0.1, 0.15) is 0 Å². The first-order chi connectivity index (χ1) is 13.8. The highest BCUT2D eigenvalue weighted by Gasteiger charge is 2.25. The van der Waals surface area contributed by atoms with Gasteiger partial charge in [-0.15, -0.1) is 0 Å². The third-order valence-corrected chi connectivity index (χ3v) is 6.87. The summed E-state index contributed by atoms with van der Waals surface area (Å²) in [6.07, 6.45) is 9.01. The van der Waals surface area contributed by atoms with Crippen molar-refractivity contribution in [1.29, 1.82) is 0 Å². The molecule has 154 valence electrons. The van der Waals surface area contributed by atoms with E-state index in [1.807, 2.05) is 0 Å². The normalized spacial score (nSPS) is 24.6. The van der Waals surface area contributed by atoms with Crippen LogP contribution < -0.4 is 15.5 Å². The average Bonchev–Trinajstić information content (AvgIpc) is 3.41. The third kappa shape index (κ3) is 5.40. The van der Waals surface area contributed by atoms with Crippen LogP contribution in [-0.4, -0.2) is 56.2 Å². The van der Waals surface area contributed by atoms with Gasteiger partial charge in [-0.1, -0.05) is 31.0 Å². The maximum absolute atomic E-state index is 12.3. The predicted octanol–water partition coefficient (Wildman–Crippen LogP) is 3.47. The molecule has 0 aromatic heterocycles. The largest absolute Gasteiger partial charge is 0.371 e. The zero-order chi connectivity index (χ0) is 19.2. The summed E-state index contributed by atoms with van der Waals surface area (Å²) in [5.74, 6) is 1.47. The summed E-state index contributed by atoms with van der Waals surface area (Å²) in [6, 6.07) is 10.9. The molecule has 2 aliphatic heterocycles. The van der Waals surface area contributed by atoms with Gasteiger partial charge in [0, 0.05) is 51.0 Å². The molecule has 1 saturated carbocycles. The van der Waals surface area contributed by atoms with Crippen molar-refractivity contribution in [3.05, 3.63) is 30.3 Å². The number of anilines is 1. The Kier molecular flexibility index (Phi) is 6.73. The lowest BCUT2D eigenvalue weighted by Crippen LogP contribution is -2.49. The van der Waals surface area contributed by atoms with E-state index in [0.29, 0.717) is 12.0 Å². The van der Waals surface area contributed by atoms with Gasteiger partial charge in [-0.3, -0.25) is 0 Å². The van der Waals surface area contributed by atoms with Crippen LogP contribution in [0.2, 0.25) is 0 Å². The molecule has 2 heterocycles. The number of hydrogen-bond donors (Lipinski definition) is 2. The van der Waals surface area contributed by atoms with Crippen molar-refractivity contribution in [2.24, 2.45) is 11.8 Å². The smallest absolute Gasteiger partial charge is 0.315 e. The maximum Gasteiger partial charge on any atom is 0.315 e. The number of carbonyl (C=O) groups is 1. The highest BCUT2D eigenvalue weighted by molar-refractivity contribution is 5.74. The Hall–Kier alpha value is -1.75. The molecule has 28 heavy (non-hydrogen) atoms. The van der Waals surface area contributed by atoms with Gasteiger partial charge in [0.2, 0.25) is 0 Å². The van der Waals surface area contributed by atoms with Gasteiger partial charge in [-0.05, 0) is 56.1 Å². The molecular weight excluding hydrogens is 348 g/mol. The molecule has 1 aliphatic carbocycles. The zero-order valence-corrected chi connectivity index (χ0v) is 17.1. The Balaban J connectivity index is 1.11. The number of carbonyl (C=O) groups excluding carboxylic acids is 1. The molecular formula is C23H36N4O. The number of likely N-dealkylation sites (tertiary alicyclic amines) is 1. The number of hydrogen-bond acceptors (Lipinski definition) is 3. The van der Waals surface area contributed by atoms with E-state index in [-0.39, 0.29) is 6.03 Å². The van der Waals surface area contributed by atoms with Crippen LogP contribution in [0.15, 0.2) is 30.3 Å². The Morgan fingerprint density at radius 1 is 0.929 bits per heavy atom. The van der Waals surface area contributed by atoms with Crippen molar-refractivity contribution >= 4 is 11.7 Å². The minimum atomic E-state index is 0.0207.